The van der Waals surface area contributed by atoms with Crippen molar-refractivity contribution in [2.75, 3.05) is 13.1 Å². The third-order valence-electron chi connectivity index (χ3n) is 1.87. The van der Waals surface area contributed by atoms with Gasteiger partial charge in [-0.05, 0) is 13.0 Å². The van der Waals surface area contributed by atoms with Gasteiger partial charge in [0.25, 0.3) is 0 Å². The standard InChI is InChI=1S/C6H10F3NO/c7-6(8,9)4-3-10-2-1-5(4)11/h4-5,10-11H,1-3H2/t4-,5+/m1/s1. The minimum atomic E-state index is -4.27. The first-order valence-electron chi connectivity index (χ1n) is 3.47. The average molecular weight is 169 g/mol. The molecule has 1 aliphatic heterocycles. The van der Waals surface area contributed by atoms with Crippen LogP contribution in [0.2, 0.25) is 0 Å². The van der Waals surface area contributed by atoms with Gasteiger partial charge in [-0.25, -0.2) is 0 Å². The van der Waals surface area contributed by atoms with Crippen molar-refractivity contribution >= 4 is 0 Å². The summed E-state index contributed by atoms with van der Waals surface area (Å²) >= 11 is 0. The van der Waals surface area contributed by atoms with Crippen molar-refractivity contribution in [3.8, 4) is 0 Å². The molecule has 0 aromatic carbocycles. The van der Waals surface area contributed by atoms with E-state index in [1.54, 1.807) is 0 Å². The van der Waals surface area contributed by atoms with Crippen molar-refractivity contribution in [1.82, 2.24) is 5.32 Å². The van der Waals surface area contributed by atoms with Crippen LogP contribution >= 0.6 is 0 Å². The Kier molecular flexibility index (Phi) is 2.39. The van der Waals surface area contributed by atoms with Crippen molar-refractivity contribution < 1.29 is 18.3 Å². The molecule has 2 nitrogen and oxygen atoms in total. The molecule has 11 heavy (non-hydrogen) atoms. The molecule has 66 valence electrons. The Morgan fingerprint density at radius 2 is 2.00 bits per heavy atom. The number of rotatable bonds is 0. The maximum absolute atomic E-state index is 12.0. The van der Waals surface area contributed by atoms with Crippen molar-refractivity contribution in [1.29, 1.82) is 0 Å². The van der Waals surface area contributed by atoms with Crippen molar-refractivity contribution in [2.45, 2.75) is 18.7 Å². The van der Waals surface area contributed by atoms with Crippen molar-refractivity contribution in [3.05, 3.63) is 0 Å². The van der Waals surface area contributed by atoms with Crippen LogP contribution in [0.4, 0.5) is 13.2 Å². The molecule has 0 radical (unpaired) electrons. The van der Waals surface area contributed by atoms with Gasteiger partial charge in [0.15, 0.2) is 0 Å². The highest BCUT2D eigenvalue weighted by atomic mass is 19.4. The van der Waals surface area contributed by atoms with Gasteiger partial charge in [0.05, 0.1) is 12.0 Å². The predicted octanol–water partition coefficient (Wildman–Crippen LogP) is 0.519. The van der Waals surface area contributed by atoms with Gasteiger partial charge in [-0.2, -0.15) is 13.2 Å². The molecule has 0 aromatic rings. The third kappa shape index (κ3) is 2.07. The Morgan fingerprint density at radius 3 is 2.36 bits per heavy atom. The Labute approximate surface area is 62.4 Å². The molecule has 0 saturated carbocycles. The lowest BCUT2D eigenvalue weighted by molar-refractivity contribution is -0.203. The zero-order chi connectivity index (χ0) is 8.48. The number of nitrogens with one attached hydrogen (secondary N) is 1. The van der Waals surface area contributed by atoms with Gasteiger partial charge in [0, 0.05) is 6.54 Å². The zero-order valence-electron chi connectivity index (χ0n) is 5.86. The summed E-state index contributed by atoms with van der Waals surface area (Å²) in [6.07, 6.45) is -5.31. The summed E-state index contributed by atoms with van der Waals surface area (Å²) < 4.78 is 36.0. The van der Waals surface area contributed by atoms with Gasteiger partial charge in [-0.3, -0.25) is 0 Å². The quantitative estimate of drug-likeness (QED) is 0.554. The zero-order valence-corrected chi connectivity index (χ0v) is 5.86. The molecular formula is C6H10F3NO. The maximum Gasteiger partial charge on any atom is 0.395 e. The van der Waals surface area contributed by atoms with Crippen LogP contribution in [0.1, 0.15) is 6.42 Å². The highest BCUT2D eigenvalue weighted by Gasteiger charge is 2.44. The van der Waals surface area contributed by atoms with Gasteiger partial charge in [-0.1, -0.05) is 0 Å². The van der Waals surface area contributed by atoms with E-state index in [0.29, 0.717) is 6.54 Å². The Bertz CT molecular complexity index is 136. The molecule has 1 saturated heterocycles. The van der Waals surface area contributed by atoms with Gasteiger partial charge in [-0.15, -0.1) is 0 Å². The van der Waals surface area contributed by atoms with Crippen LogP contribution in [0.3, 0.4) is 0 Å². The van der Waals surface area contributed by atoms with Gasteiger partial charge in [0.1, 0.15) is 0 Å². The topological polar surface area (TPSA) is 32.3 Å². The van der Waals surface area contributed by atoms with E-state index >= 15 is 0 Å². The minimum absolute atomic E-state index is 0.162. The number of aliphatic hydroxyl groups excluding tert-OH is 1. The molecule has 2 N–H and O–H groups in total. The van der Waals surface area contributed by atoms with E-state index in [1.165, 1.54) is 0 Å². The lowest BCUT2D eigenvalue weighted by Crippen LogP contribution is -2.47. The number of hydrogen-bond acceptors (Lipinski definition) is 2. The smallest absolute Gasteiger partial charge is 0.392 e. The van der Waals surface area contributed by atoms with Crippen LogP contribution in [0, 0.1) is 5.92 Å². The second kappa shape index (κ2) is 2.98. The predicted molar refractivity (Wildman–Crippen MR) is 33.0 cm³/mol. The monoisotopic (exact) mass is 169 g/mol. The molecule has 0 amide bonds. The van der Waals surface area contributed by atoms with E-state index in [1.807, 2.05) is 0 Å². The van der Waals surface area contributed by atoms with Crippen LogP contribution in [0.5, 0.6) is 0 Å². The van der Waals surface area contributed by atoms with E-state index in [9.17, 15) is 13.2 Å². The fourth-order valence-electron chi connectivity index (χ4n) is 1.18. The van der Waals surface area contributed by atoms with Crippen LogP contribution < -0.4 is 5.32 Å². The molecule has 0 aromatic heterocycles. The highest BCUT2D eigenvalue weighted by molar-refractivity contribution is 4.82. The molecular weight excluding hydrogens is 159 g/mol. The fourth-order valence-corrected chi connectivity index (χ4v) is 1.18. The summed E-state index contributed by atoms with van der Waals surface area (Å²) in [6, 6.07) is 0. The first-order chi connectivity index (χ1) is 5.02. The summed E-state index contributed by atoms with van der Waals surface area (Å²) in [4.78, 5) is 0. The Balaban J connectivity index is 2.55. The molecule has 1 fully saturated rings. The summed E-state index contributed by atoms with van der Waals surface area (Å²) in [5.41, 5.74) is 0. The van der Waals surface area contributed by atoms with Gasteiger partial charge in [0.2, 0.25) is 0 Å². The molecule has 1 aliphatic rings. The molecule has 0 spiro atoms. The second-order valence-corrected chi connectivity index (χ2v) is 2.71. The first-order valence-corrected chi connectivity index (χ1v) is 3.47. The first kappa shape index (κ1) is 8.80. The summed E-state index contributed by atoms with van der Waals surface area (Å²) in [5, 5.41) is 11.5. The van der Waals surface area contributed by atoms with Crippen LogP contribution in [0.15, 0.2) is 0 Å². The van der Waals surface area contributed by atoms with Crippen LogP contribution in [0.25, 0.3) is 0 Å². The summed E-state index contributed by atoms with van der Waals surface area (Å²) in [7, 11) is 0. The average Bonchev–Trinajstić information content (AvgIpc) is 1.86. The Hall–Kier alpha value is -0.290. The molecule has 2 atom stereocenters. The SMILES string of the molecule is O[C@H]1CCNC[C@H]1C(F)(F)F. The number of piperidine rings is 1. The lowest BCUT2D eigenvalue weighted by atomic mass is 9.96. The third-order valence-corrected chi connectivity index (χ3v) is 1.87. The second-order valence-electron chi connectivity index (χ2n) is 2.71. The molecule has 0 bridgehead atoms. The lowest BCUT2D eigenvalue weighted by Gasteiger charge is -2.29. The van der Waals surface area contributed by atoms with Crippen LogP contribution in [-0.4, -0.2) is 30.5 Å². The largest absolute Gasteiger partial charge is 0.395 e. The molecule has 1 rings (SSSR count). The van der Waals surface area contributed by atoms with Crippen molar-refractivity contribution in [3.63, 3.8) is 0 Å². The normalized spacial score (nSPS) is 33.8. The Morgan fingerprint density at radius 1 is 1.36 bits per heavy atom. The number of aliphatic hydroxyl groups is 1. The number of hydrogen-bond donors (Lipinski definition) is 2. The minimum Gasteiger partial charge on any atom is -0.392 e. The van der Waals surface area contributed by atoms with E-state index in [-0.39, 0.29) is 13.0 Å². The van der Waals surface area contributed by atoms with E-state index < -0.39 is 18.2 Å². The highest BCUT2D eigenvalue weighted by Crippen LogP contribution is 2.30. The number of alkyl halides is 3. The van der Waals surface area contributed by atoms with E-state index in [2.05, 4.69) is 5.32 Å². The summed E-state index contributed by atoms with van der Waals surface area (Å²) in [6.45, 7) is 0.304. The molecule has 0 unspecified atom stereocenters. The molecule has 5 heteroatoms. The fraction of sp³-hybridized carbons (Fsp3) is 1.00. The van der Waals surface area contributed by atoms with Crippen LogP contribution in [-0.2, 0) is 0 Å². The molecule has 0 aliphatic carbocycles. The molecule has 1 heterocycles. The summed E-state index contributed by atoms with van der Waals surface area (Å²) in [5.74, 6) is -1.59. The maximum atomic E-state index is 12.0. The van der Waals surface area contributed by atoms with Gasteiger partial charge >= 0.3 is 6.18 Å². The van der Waals surface area contributed by atoms with E-state index in [0.717, 1.165) is 0 Å². The van der Waals surface area contributed by atoms with Crippen molar-refractivity contribution in [2.24, 2.45) is 5.92 Å². The number of halogens is 3. The van der Waals surface area contributed by atoms with E-state index in [4.69, 9.17) is 5.11 Å². The van der Waals surface area contributed by atoms with Gasteiger partial charge < -0.3 is 10.4 Å².